The number of benzene rings is 1. The van der Waals surface area contributed by atoms with Crippen LogP contribution in [0.15, 0.2) is 30.6 Å². The molecule has 1 aromatic carbocycles. The van der Waals surface area contributed by atoms with Crippen molar-refractivity contribution in [2.45, 2.75) is 19.8 Å². The fourth-order valence-electron chi connectivity index (χ4n) is 1.41. The lowest BCUT2D eigenvalue weighted by Gasteiger charge is -2.07. The van der Waals surface area contributed by atoms with Crippen molar-refractivity contribution in [3.8, 4) is 5.69 Å². The summed E-state index contributed by atoms with van der Waals surface area (Å²) in [6.45, 7) is 4.33. The summed E-state index contributed by atoms with van der Waals surface area (Å²) in [6.07, 6.45) is 1.60. The Balaban J connectivity index is 2.36. The zero-order valence-electron chi connectivity index (χ0n) is 8.68. The van der Waals surface area contributed by atoms with Crippen LogP contribution >= 0.6 is 11.6 Å². The highest BCUT2D eigenvalue weighted by atomic mass is 35.5. The lowest BCUT2D eigenvalue weighted by Crippen LogP contribution is -1.93. The van der Waals surface area contributed by atoms with Crippen molar-refractivity contribution in [3.63, 3.8) is 0 Å². The molecule has 78 valence electrons. The molecule has 0 bridgehead atoms. The topological polar surface area (TPSA) is 30.7 Å². The third kappa shape index (κ3) is 2.02. The van der Waals surface area contributed by atoms with Crippen molar-refractivity contribution < 1.29 is 0 Å². The smallest absolute Gasteiger partial charge is 0.229 e. The van der Waals surface area contributed by atoms with E-state index >= 15 is 0 Å². The van der Waals surface area contributed by atoms with Crippen LogP contribution in [0.2, 0.25) is 5.28 Å². The van der Waals surface area contributed by atoms with Crippen molar-refractivity contribution >= 4 is 11.6 Å². The van der Waals surface area contributed by atoms with Gasteiger partial charge in [-0.15, -0.1) is 10.2 Å². The lowest BCUT2D eigenvalue weighted by molar-refractivity contribution is 0.865. The fourth-order valence-corrected chi connectivity index (χ4v) is 1.60. The van der Waals surface area contributed by atoms with Gasteiger partial charge in [-0.25, -0.2) is 0 Å². The number of aromatic nitrogens is 3. The zero-order chi connectivity index (χ0) is 10.8. The Hall–Kier alpha value is -1.35. The van der Waals surface area contributed by atoms with E-state index in [2.05, 4.69) is 36.2 Å². The molecule has 1 heterocycles. The van der Waals surface area contributed by atoms with E-state index in [1.165, 1.54) is 5.56 Å². The number of hydrogen-bond donors (Lipinski definition) is 0. The summed E-state index contributed by atoms with van der Waals surface area (Å²) >= 11 is 5.87. The highest BCUT2D eigenvalue weighted by molar-refractivity contribution is 6.28. The molecule has 1 aromatic heterocycles. The van der Waals surface area contributed by atoms with Crippen LogP contribution in [0.5, 0.6) is 0 Å². The molecular weight excluding hydrogens is 210 g/mol. The molecule has 4 heteroatoms. The fraction of sp³-hybridized carbons (Fsp3) is 0.273. The molecule has 15 heavy (non-hydrogen) atoms. The number of hydrogen-bond acceptors (Lipinski definition) is 2. The third-order valence-corrected chi connectivity index (χ3v) is 2.60. The van der Waals surface area contributed by atoms with Gasteiger partial charge in [-0.2, -0.15) is 0 Å². The Morgan fingerprint density at radius 2 is 1.87 bits per heavy atom. The molecule has 2 rings (SSSR count). The minimum atomic E-state index is 0.382. The molecule has 0 aliphatic heterocycles. The van der Waals surface area contributed by atoms with Gasteiger partial charge in [0.2, 0.25) is 5.28 Å². The molecule has 0 atom stereocenters. The van der Waals surface area contributed by atoms with Crippen LogP contribution in [0.25, 0.3) is 5.69 Å². The van der Waals surface area contributed by atoms with E-state index in [0.717, 1.165) is 5.69 Å². The van der Waals surface area contributed by atoms with E-state index in [1.54, 1.807) is 10.9 Å². The van der Waals surface area contributed by atoms with Gasteiger partial charge in [0, 0.05) is 5.69 Å². The first kappa shape index (κ1) is 10.2. The zero-order valence-corrected chi connectivity index (χ0v) is 9.44. The Labute approximate surface area is 93.7 Å². The highest BCUT2D eigenvalue weighted by Gasteiger charge is 2.04. The van der Waals surface area contributed by atoms with E-state index < -0.39 is 0 Å². The monoisotopic (exact) mass is 221 g/mol. The second kappa shape index (κ2) is 4.03. The quantitative estimate of drug-likeness (QED) is 0.781. The summed E-state index contributed by atoms with van der Waals surface area (Å²) in [7, 11) is 0. The van der Waals surface area contributed by atoms with Crippen molar-refractivity contribution in [3.05, 3.63) is 41.4 Å². The lowest BCUT2D eigenvalue weighted by atomic mass is 10.0. The second-order valence-electron chi connectivity index (χ2n) is 3.72. The average Bonchev–Trinajstić information content (AvgIpc) is 2.65. The van der Waals surface area contributed by atoms with Crippen LogP contribution in [0.1, 0.15) is 25.3 Å². The Bertz CT molecular complexity index is 445. The van der Waals surface area contributed by atoms with Crippen LogP contribution in [0, 0.1) is 0 Å². The molecule has 0 saturated heterocycles. The molecule has 0 fully saturated rings. The molecule has 0 aliphatic rings. The molecule has 2 aromatic rings. The largest absolute Gasteiger partial charge is 0.272 e. The molecule has 0 amide bonds. The van der Waals surface area contributed by atoms with E-state index in [4.69, 9.17) is 11.6 Å². The molecule has 3 nitrogen and oxygen atoms in total. The number of nitrogens with zero attached hydrogens (tertiary/aromatic N) is 3. The Morgan fingerprint density at radius 1 is 1.20 bits per heavy atom. The minimum Gasteiger partial charge on any atom is -0.272 e. The Morgan fingerprint density at radius 3 is 2.33 bits per heavy atom. The van der Waals surface area contributed by atoms with Crippen LogP contribution in [-0.2, 0) is 0 Å². The van der Waals surface area contributed by atoms with Gasteiger partial charge in [-0.1, -0.05) is 26.0 Å². The minimum absolute atomic E-state index is 0.382. The third-order valence-electron chi connectivity index (χ3n) is 2.34. The van der Waals surface area contributed by atoms with Crippen molar-refractivity contribution in [1.29, 1.82) is 0 Å². The first-order chi connectivity index (χ1) is 7.18. The van der Waals surface area contributed by atoms with Gasteiger partial charge in [0.25, 0.3) is 0 Å². The average molecular weight is 222 g/mol. The second-order valence-corrected chi connectivity index (χ2v) is 4.05. The SMILES string of the molecule is CC(C)c1ccc(-n2cnnc2Cl)cc1. The number of rotatable bonds is 2. The van der Waals surface area contributed by atoms with Crippen molar-refractivity contribution in [2.75, 3.05) is 0 Å². The number of halogens is 1. The maximum absolute atomic E-state index is 5.87. The van der Waals surface area contributed by atoms with E-state index in [-0.39, 0.29) is 0 Å². The van der Waals surface area contributed by atoms with Crippen molar-refractivity contribution in [2.24, 2.45) is 0 Å². The molecular formula is C11H12ClN3. The van der Waals surface area contributed by atoms with Crippen LogP contribution < -0.4 is 0 Å². The highest BCUT2D eigenvalue weighted by Crippen LogP contribution is 2.18. The molecule has 0 unspecified atom stereocenters. The summed E-state index contributed by atoms with van der Waals surface area (Å²) in [5.74, 6) is 0.537. The maximum Gasteiger partial charge on any atom is 0.229 e. The van der Waals surface area contributed by atoms with Gasteiger partial charge in [-0.3, -0.25) is 4.57 Å². The Kier molecular flexibility index (Phi) is 2.73. The summed E-state index contributed by atoms with van der Waals surface area (Å²) in [6, 6.07) is 8.22. The van der Waals surface area contributed by atoms with Crippen LogP contribution in [0.3, 0.4) is 0 Å². The van der Waals surface area contributed by atoms with Gasteiger partial charge in [-0.05, 0) is 35.2 Å². The van der Waals surface area contributed by atoms with Crippen molar-refractivity contribution in [1.82, 2.24) is 14.8 Å². The summed E-state index contributed by atoms with van der Waals surface area (Å²) in [5, 5.41) is 7.85. The standard InChI is InChI=1S/C11H12ClN3/c1-8(2)9-3-5-10(6-4-9)15-7-13-14-11(15)12/h3-8H,1-2H3. The summed E-state index contributed by atoms with van der Waals surface area (Å²) in [5.41, 5.74) is 2.29. The van der Waals surface area contributed by atoms with Crippen LogP contribution in [-0.4, -0.2) is 14.8 Å². The van der Waals surface area contributed by atoms with E-state index in [1.807, 2.05) is 12.1 Å². The molecule has 0 N–H and O–H groups in total. The molecule has 0 aliphatic carbocycles. The molecule has 0 saturated carbocycles. The van der Waals surface area contributed by atoms with Gasteiger partial charge in [0.1, 0.15) is 6.33 Å². The van der Waals surface area contributed by atoms with E-state index in [9.17, 15) is 0 Å². The predicted octanol–water partition coefficient (Wildman–Crippen LogP) is 3.04. The van der Waals surface area contributed by atoms with Gasteiger partial charge >= 0.3 is 0 Å². The normalized spacial score (nSPS) is 10.9. The van der Waals surface area contributed by atoms with Gasteiger partial charge < -0.3 is 0 Å². The summed E-state index contributed by atoms with van der Waals surface area (Å²) in [4.78, 5) is 0. The van der Waals surface area contributed by atoms with Crippen LogP contribution in [0.4, 0.5) is 0 Å². The van der Waals surface area contributed by atoms with Gasteiger partial charge in [0.15, 0.2) is 0 Å². The maximum atomic E-state index is 5.87. The van der Waals surface area contributed by atoms with E-state index in [0.29, 0.717) is 11.2 Å². The predicted molar refractivity (Wildman–Crippen MR) is 60.5 cm³/mol. The van der Waals surface area contributed by atoms with Gasteiger partial charge in [0.05, 0.1) is 0 Å². The first-order valence-electron chi connectivity index (χ1n) is 4.84. The first-order valence-corrected chi connectivity index (χ1v) is 5.22. The molecule has 0 spiro atoms. The molecule has 0 radical (unpaired) electrons. The summed E-state index contributed by atoms with van der Waals surface area (Å²) < 4.78 is 1.74.